The van der Waals surface area contributed by atoms with Crippen LogP contribution >= 0.6 is 0 Å². The number of nitriles is 1. The van der Waals surface area contributed by atoms with E-state index in [0.717, 1.165) is 11.1 Å². The first-order valence-electron chi connectivity index (χ1n) is 9.83. The van der Waals surface area contributed by atoms with Crippen molar-refractivity contribution >= 4 is 11.8 Å². The van der Waals surface area contributed by atoms with Crippen LogP contribution in [0.4, 0.5) is 4.39 Å². The predicted octanol–water partition coefficient (Wildman–Crippen LogP) is 2.83. The lowest BCUT2D eigenvalue weighted by molar-refractivity contribution is -0.121. The first-order chi connectivity index (χ1) is 15.4. The molecule has 0 aliphatic heterocycles. The number of ether oxygens (including phenoxy) is 1. The molecule has 0 bridgehead atoms. The van der Waals surface area contributed by atoms with Gasteiger partial charge in [-0.3, -0.25) is 9.59 Å². The topological polar surface area (TPSA) is 109 Å². The molecule has 0 radical (unpaired) electrons. The molecule has 3 rings (SSSR count). The summed E-state index contributed by atoms with van der Waals surface area (Å²) in [5.74, 6) is -1.28. The summed E-state index contributed by atoms with van der Waals surface area (Å²) in [5.41, 5.74) is 1.78. The van der Waals surface area contributed by atoms with Crippen LogP contribution in [0.25, 0.3) is 5.69 Å². The van der Waals surface area contributed by atoms with Gasteiger partial charge in [0.2, 0.25) is 11.8 Å². The third-order valence-electron chi connectivity index (χ3n) is 4.82. The minimum absolute atomic E-state index is 0.00104. The molecule has 3 aromatic rings. The van der Waals surface area contributed by atoms with Crippen LogP contribution in [0.3, 0.4) is 0 Å². The molecular weight excluding hydrogens is 413 g/mol. The highest BCUT2D eigenvalue weighted by molar-refractivity contribution is 5.93. The molecule has 2 amide bonds. The second kappa shape index (κ2) is 10.2. The van der Waals surface area contributed by atoms with Gasteiger partial charge in [0, 0.05) is 6.07 Å². The van der Waals surface area contributed by atoms with Gasteiger partial charge in [0.1, 0.15) is 18.0 Å². The standard InChI is InChI=1S/C23H22FN5O3/c1-15-7-3-4-8-16(15)18(13-21(30)26-12-11-25)27-23(31)19-14-22(32-2)29(28-19)20-10-6-5-9-17(20)24/h3-10,14,18H,12-13H2,1-2H3,(H,26,30)(H,27,31)/t18-/m0/s1. The summed E-state index contributed by atoms with van der Waals surface area (Å²) in [6.45, 7) is 1.75. The van der Waals surface area contributed by atoms with Gasteiger partial charge < -0.3 is 15.4 Å². The Balaban J connectivity index is 1.89. The largest absolute Gasteiger partial charge is 0.481 e. The van der Waals surface area contributed by atoms with E-state index in [-0.39, 0.29) is 36.1 Å². The quantitative estimate of drug-likeness (QED) is 0.529. The Hall–Kier alpha value is -4.19. The fourth-order valence-corrected chi connectivity index (χ4v) is 3.26. The van der Waals surface area contributed by atoms with Crippen molar-refractivity contribution in [1.29, 1.82) is 5.26 Å². The van der Waals surface area contributed by atoms with Gasteiger partial charge in [0.05, 0.1) is 25.6 Å². The SMILES string of the molecule is COc1cc(C(=O)N[C@@H](CC(=O)NCC#N)c2ccccc2C)nn1-c1ccccc1F. The Morgan fingerprint density at radius 3 is 2.62 bits per heavy atom. The molecule has 0 saturated carbocycles. The Bertz CT molecular complexity index is 1170. The van der Waals surface area contributed by atoms with Gasteiger partial charge in [-0.1, -0.05) is 36.4 Å². The number of hydrogen-bond donors (Lipinski definition) is 2. The molecule has 2 N–H and O–H groups in total. The van der Waals surface area contributed by atoms with Crippen molar-refractivity contribution in [2.75, 3.05) is 13.7 Å². The molecule has 32 heavy (non-hydrogen) atoms. The minimum Gasteiger partial charge on any atom is -0.481 e. The number of halogens is 1. The van der Waals surface area contributed by atoms with Crippen LogP contribution in [0.15, 0.2) is 54.6 Å². The Kier molecular flexibility index (Phi) is 7.18. The zero-order valence-electron chi connectivity index (χ0n) is 17.6. The predicted molar refractivity (Wildman–Crippen MR) is 115 cm³/mol. The number of aryl methyl sites for hydroxylation is 1. The van der Waals surface area contributed by atoms with E-state index in [4.69, 9.17) is 10.00 Å². The van der Waals surface area contributed by atoms with Crippen LogP contribution in [0, 0.1) is 24.1 Å². The molecule has 0 aliphatic rings. The van der Waals surface area contributed by atoms with Crippen molar-refractivity contribution in [3.05, 3.63) is 77.2 Å². The fourth-order valence-electron chi connectivity index (χ4n) is 3.26. The van der Waals surface area contributed by atoms with E-state index in [9.17, 15) is 14.0 Å². The molecule has 9 heteroatoms. The summed E-state index contributed by atoms with van der Waals surface area (Å²) in [7, 11) is 1.39. The van der Waals surface area contributed by atoms with E-state index in [1.54, 1.807) is 12.1 Å². The number of aromatic nitrogens is 2. The smallest absolute Gasteiger partial charge is 0.272 e. The van der Waals surface area contributed by atoms with Crippen LogP contribution in [0.1, 0.15) is 34.1 Å². The number of rotatable bonds is 8. The maximum Gasteiger partial charge on any atom is 0.272 e. The van der Waals surface area contributed by atoms with E-state index in [0.29, 0.717) is 0 Å². The number of nitrogens with one attached hydrogen (secondary N) is 2. The summed E-state index contributed by atoms with van der Waals surface area (Å²) < 4.78 is 20.7. The minimum atomic E-state index is -0.660. The van der Waals surface area contributed by atoms with Crippen LogP contribution in [-0.2, 0) is 4.79 Å². The molecule has 0 fully saturated rings. The fraction of sp³-hybridized carbons (Fsp3) is 0.217. The average Bonchev–Trinajstić information content (AvgIpc) is 3.22. The van der Waals surface area contributed by atoms with Gasteiger partial charge in [-0.2, -0.15) is 15.0 Å². The number of benzene rings is 2. The van der Waals surface area contributed by atoms with Crippen LogP contribution in [0.5, 0.6) is 5.88 Å². The van der Waals surface area contributed by atoms with Gasteiger partial charge in [-0.25, -0.2) is 4.39 Å². The zero-order valence-corrected chi connectivity index (χ0v) is 17.6. The molecule has 1 atom stereocenters. The monoisotopic (exact) mass is 435 g/mol. The summed E-state index contributed by atoms with van der Waals surface area (Å²) >= 11 is 0. The molecule has 8 nitrogen and oxygen atoms in total. The first kappa shape index (κ1) is 22.5. The molecule has 0 spiro atoms. The van der Waals surface area contributed by atoms with Crippen molar-refractivity contribution in [3.8, 4) is 17.6 Å². The third kappa shape index (κ3) is 5.10. The highest BCUT2D eigenvalue weighted by Crippen LogP contribution is 2.24. The summed E-state index contributed by atoms with van der Waals surface area (Å²) in [4.78, 5) is 25.3. The summed E-state index contributed by atoms with van der Waals surface area (Å²) in [5, 5.41) is 18.2. The number of carbonyl (C=O) groups is 2. The maximum atomic E-state index is 14.2. The van der Waals surface area contributed by atoms with Gasteiger partial charge >= 0.3 is 0 Å². The van der Waals surface area contributed by atoms with Crippen LogP contribution in [-0.4, -0.2) is 35.2 Å². The van der Waals surface area contributed by atoms with Gasteiger partial charge in [0.25, 0.3) is 5.91 Å². The highest BCUT2D eigenvalue weighted by Gasteiger charge is 2.24. The molecule has 0 aliphatic carbocycles. The molecular formula is C23H22FN5O3. The van der Waals surface area contributed by atoms with Crippen molar-refractivity contribution in [2.45, 2.75) is 19.4 Å². The van der Waals surface area contributed by atoms with Gasteiger partial charge in [0.15, 0.2) is 5.69 Å². The number of methoxy groups -OCH3 is 1. The third-order valence-corrected chi connectivity index (χ3v) is 4.82. The zero-order chi connectivity index (χ0) is 23.1. The summed E-state index contributed by atoms with van der Waals surface area (Å²) in [6.07, 6.45) is -0.0660. The van der Waals surface area contributed by atoms with E-state index < -0.39 is 17.8 Å². The van der Waals surface area contributed by atoms with E-state index in [1.807, 2.05) is 37.3 Å². The average molecular weight is 435 g/mol. The second-order valence-electron chi connectivity index (χ2n) is 6.96. The van der Waals surface area contributed by atoms with Crippen molar-refractivity contribution in [1.82, 2.24) is 20.4 Å². The molecule has 164 valence electrons. The van der Waals surface area contributed by atoms with Crippen molar-refractivity contribution in [3.63, 3.8) is 0 Å². The highest BCUT2D eigenvalue weighted by atomic mass is 19.1. The van der Waals surface area contributed by atoms with Crippen molar-refractivity contribution < 1.29 is 18.7 Å². The number of para-hydroxylation sites is 1. The second-order valence-corrected chi connectivity index (χ2v) is 6.96. The molecule has 0 unspecified atom stereocenters. The van der Waals surface area contributed by atoms with E-state index >= 15 is 0 Å². The molecule has 1 heterocycles. The molecule has 0 saturated heterocycles. The first-order valence-corrected chi connectivity index (χ1v) is 9.83. The van der Waals surface area contributed by atoms with Crippen molar-refractivity contribution in [2.24, 2.45) is 0 Å². The van der Waals surface area contributed by atoms with Gasteiger partial charge in [-0.05, 0) is 30.2 Å². The Morgan fingerprint density at radius 1 is 1.22 bits per heavy atom. The molecule has 2 aromatic carbocycles. The van der Waals surface area contributed by atoms with E-state index in [1.165, 1.54) is 30.0 Å². The van der Waals surface area contributed by atoms with Crippen LogP contribution in [0.2, 0.25) is 0 Å². The normalized spacial score (nSPS) is 11.3. The lowest BCUT2D eigenvalue weighted by atomic mass is 9.98. The van der Waals surface area contributed by atoms with Gasteiger partial charge in [-0.15, -0.1) is 0 Å². The summed E-state index contributed by atoms with van der Waals surface area (Å²) in [6, 6.07) is 15.9. The molecule has 1 aromatic heterocycles. The number of hydrogen-bond acceptors (Lipinski definition) is 5. The van der Waals surface area contributed by atoms with E-state index in [2.05, 4.69) is 15.7 Å². The Morgan fingerprint density at radius 2 is 1.94 bits per heavy atom. The number of nitrogens with zero attached hydrogens (tertiary/aromatic N) is 3. The van der Waals surface area contributed by atoms with Crippen LogP contribution < -0.4 is 15.4 Å². The number of amides is 2. The lowest BCUT2D eigenvalue weighted by Gasteiger charge is -2.20. The Labute approximate surface area is 184 Å². The lowest BCUT2D eigenvalue weighted by Crippen LogP contribution is -2.34. The number of carbonyl (C=O) groups excluding carboxylic acids is 2. The maximum absolute atomic E-state index is 14.2.